The summed E-state index contributed by atoms with van der Waals surface area (Å²) in [6, 6.07) is 11.6. The van der Waals surface area contributed by atoms with Gasteiger partial charge in [-0.15, -0.1) is 0 Å². The largest absolute Gasteiger partial charge is 0.497 e. The molecule has 0 bridgehead atoms. The summed E-state index contributed by atoms with van der Waals surface area (Å²) in [5, 5.41) is 5.54. The summed E-state index contributed by atoms with van der Waals surface area (Å²) in [7, 11) is 1.57. The van der Waals surface area contributed by atoms with Gasteiger partial charge in [0.25, 0.3) is 0 Å². The smallest absolute Gasteiger partial charge is 0.222 e. The lowest BCUT2D eigenvalue weighted by Gasteiger charge is -2.18. The van der Waals surface area contributed by atoms with E-state index in [2.05, 4.69) is 10.6 Å². The van der Waals surface area contributed by atoms with Gasteiger partial charge in [0.15, 0.2) is 0 Å². The molecule has 0 saturated heterocycles. The molecular weight excluding hydrogens is 335 g/mol. The molecule has 5 nitrogen and oxygen atoms in total. The molecule has 0 aromatic heterocycles. The number of hydrogen-bond donors (Lipinski definition) is 2. The predicted octanol–water partition coefficient (Wildman–Crippen LogP) is 3.03. The van der Waals surface area contributed by atoms with Crippen LogP contribution in [0.4, 0.5) is 4.39 Å². The molecule has 0 unspecified atom stereocenters. The number of amides is 2. The fourth-order valence-electron chi connectivity index (χ4n) is 2.54. The van der Waals surface area contributed by atoms with Crippen molar-refractivity contribution in [2.75, 3.05) is 7.11 Å². The van der Waals surface area contributed by atoms with E-state index in [1.807, 2.05) is 12.1 Å². The topological polar surface area (TPSA) is 67.4 Å². The summed E-state index contributed by atoms with van der Waals surface area (Å²) in [6.45, 7) is 3.32. The molecule has 2 aromatic rings. The molecule has 0 heterocycles. The number of nitrogens with one attached hydrogen (secondary N) is 2. The van der Waals surface area contributed by atoms with Crippen molar-refractivity contribution < 1.29 is 18.7 Å². The Morgan fingerprint density at radius 3 is 2.42 bits per heavy atom. The molecular formula is C20H23FN2O3. The first-order valence-electron chi connectivity index (χ1n) is 8.32. The Kier molecular flexibility index (Phi) is 6.72. The van der Waals surface area contributed by atoms with Crippen molar-refractivity contribution >= 4 is 11.8 Å². The molecule has 1 atom stereocenters. The third-order valence-corrected chi connectivity index (χ3v) is 4.01. The van der Waals surface area contributed by atoms with Crippen LogP contribution in [0, 0.1) is 12.7 Å². The number of benzene rings is 2. The highest BCUT2D eigenvalue weighted by atomic mass is 19.1. The maximum atomic E-state index is 13.6. The summed E-state index contributed by atoms with van der Waals surface area (Å²) >= 11 is 0. The molecule has 138 valence electrons. The van der Waals surface area contributed by atoms with Gasteiger partial charge in [-0.2, -0.15) is 0 Å². The second-order valence-electron chi connectivity index (χ2n) is 6.09. The van der Waals surface area contributed by atoms with Crippen molar-refractivity contribution in [1.82, 2.24) is 10.6 Å². The lowest BCUT2D eigenvalue weighted by atomic mass is 10.0. The number of methoxy groups -OCH3 is 1. The van der Waals surface area contributed by atoms with Crippen molar-refractivity contribution in [2.45, 2.75) is 32.9 Å². The number of hydrogen-bond acceptors (Lipinski definition) is 3. The number of halogens is 1. The lowest BCUT2D eigenvalue weighted by Crippen LogP contribution is -2.32. The molecule has 0 aliphatic rings. The van der Waals surface area contributed by atoms with E-state index in [9.17, 15) is 14.0 Å². The van der Waals surface area contributed by atoms with Crippen LogP contribution in [0.25, 0.3) is 0 Å². The van der Waals surface area contributed by atoms with Crippen LogP contribution in [0.15, 0.2) is 42.5 Å². The molecule has 0 spiro atoms. The fraction of sp³-hybridized carbons (Fsp3) is 0.300. The summed E-state index contributed by atoms with van der Waals surface area (Å²) in [6.07, 6.45) is 0.0836. The summed E-state index contributed by atoms with van der Waals surface area (Å²) in [4.78, 5) is 23.7. The molecule has 2 N–H and O–H groups in total. The van der Waals surface area contributed by atoms with Crippen LogP contribution < -0.4 is 15.4 Å². The minimum Gasteiger partial charge on any atom is -0.497 e. The highest BCUT2D eigenvalue weighted by molar-refractivity contribution is 5.79. The van der Waals surface area contributed by atoms with Crippen molar-refractivity contribution in [3.05, 3.63) is 65.0 Å². The zero-order valence-corrected chi connectivity index (χ0v) is 15.1. The van der Waals surface area contributed by atoms with Crippen molar-refractivity contribution in [2.24, 2.45) is 0 Å². The van der Waals surface area contributed by atoms with Gasteiger partial charge in [0, 0.05) is 13.5 Å². The van der Waals surface area contributed by atoms with E-state index in [4.69, 9.17) is 4.74 Å². The SMILES string of the molecule is COc1ccc([C@H](CC(=O)NCc2ccc(C)c(F)c2)NC(C)=O)cc1. The monoisotopic (exact) mass is 358 g/mol. The number of carbonyl (C=O) groups is 2. The third-order valence-electron chi connectivity index (χ3n) is 4.01. The van der Waals surface area contributed by atoms with E-state index >= 15 is 0 Å². The maximum absolute atomic E-state index is 13.6. The van der Waals surface area contributed by atoms with Crippen LogP contribution in [-0.4, -0.2) is 18.9 Å². The first-order valence-corrected chi connectivity index (χ1v) is 8.32. The first kappa shape index (κ1) is 19.4. The minimum absolute atomic E-state index is 0.0836. The van der Waals surface area contributed by atoms with E-state index in [0.717, 1.165) is 5.56 Å². The molecule has 2 rings (SSSR count). The Hall–Kier alpha value is -2.89. The van der Waals surface area contributed by atoms with Crippen LogP contribution >= 0.6 is 0 Å². The number of ether oxygens (including phenoxy) is 1. The van der Waals surface area contributed by atoms with Gasteiger partial charge in [-0.25, -0.2) is 4.39 Å². The number of carbonyl (C=O) groups excluding carboxylic acids is 2. The highest BCUT2D eigenvalue weighted by Crippen LogP contribution is 2.20. The molecule has 2 amide bonds. The van der Waals surface area contributed by atoms with Crippen LogP contribution in [0.5, 0.6) is 5.75 Å². The van der Waals surface area contributed by atoms with Crippen LogP contribution in [-0.2, 0) is 16.1 Å². The number of rotatable bonds is 7. The summed E-state index contributed by atoms with van der Waals surface area (Å²) in [5.41, 5.74) is 2.05. The Morgan fingerprint density at radius 2 is 1.85 bits per heavy atom. The second-order valence-corrected chi connectivity index (χ2v) is 6.09. The van der Waals surface area contributed by atoms with E-state index < -0.39 is 6.04 Å². The van der Waals surface area contributed by atoms with E-state index in [1.54, 1.807) is 38.3 Å². The first-order chi connectivity index (χ1) is 12.4. The molecule has 0 radical (unpaired) electrons. The molecule has 0 fully saturated rings. The van der Waals surface area contributed by atoms with Crippen LogP contribution in [0.1, 0.15) is 36.1 Å². The van der Waals surface area contributed by atoms with Crippen LogP contribution in [0.3, 0.4) is 0 Å². The molecule has 26 heavy (non-hydrogen) atoms. The fourth-order valence-corrected chi connectivity index (χ4v) is 2.54. The van der Waals surface area contributed by atoms with Crippen molar-refractivity contribution in [1.29, 1.82) is 0 Å². The highest BCUT2D eigenvalue weighted by Gasteiger charge is 2.17. The van der Waals surface area contributed by atoms with E-state index in [-0.39, 0.29) is 30.6 Å². The van der Waals surface area contributed by atoms with Crippen molar-refractivity contribution in [3.63, 3.8) is 0 Å². The molecule has 0 aliphatic carbocycles. The predicted molar refractivity (Wildman–Crippen MR) is 97.2 cm³/mol. The van der Waals surface area contributed by atoms with Gasteiger partial charge in [0.05, 0.1) is 19.6 Å². The van der Waals surface area contributed by atoms with E-state index in [0.29, 0.717) is 16.9 Å². The maximum Gasteiger partial charge on any atom is 0.222 e. The van der Waals surface area contributed by atoms with Crippen molar-refractivity contribution in [3.8, 4) is 5.75 Å². The average Bonchev–Trinajstić information content (AvgIpc) is 2.62. The summed E-state index contributed by atoms with van der Waals surface area (Å²) in [5.74, 6) is -0.0629. The van der Waals surface area contributed by atoms with Gasteiger partial charge in [-0.1, -0.05) is 24.3 Å². The van der Waals surface area contributed by atoms with Gasteiger partial charge in [0.2, 0.25) is 11.8 Å². The Labute approximate surface area is 152 Å². The summed E-state index contributed by atoms with van der Waals surface area (Å²) < 4.78 is 18.7. The van der Waals surface area contributed by atoms with Gasteiger partial charge in [0.1, 0.15) is 11.6 Å². The average molecular weight is 358 g/mol. The molecule has 0 aliphatic heterocycles. The van der Waals surface area contributed by atoms with Gasteiger partial charge in [-0.05, 0) is 41.8 Å². The standard InChI is InChI=1S/C20H23FN2O3/c1-13-4-5-15(10-18(13)21)12-22-20(25)11-19(23-14(2)24)16-6-8-17(26-3)9-7-16/h4-10,19H,11-12H2,1-3H3,(H,22,25)(H,23,24)/t19-/m0/s1. The molecule has 6 heteroatoms. The quantitative estimate of drug-likeness (QED) is 0.799. The zero-order valence-electron chi connectivity index (χ0n) is 15.1. The lowest BCUT2D eigenvalue weighted by molar-refractivity contribution is -0.122. The van der Waals surface area contributed by atoms with Gasteiger partial charge in [-0.3, -0.25) is 9.59 Å². The molecule has 0 saturated carbocycles. The second kappa shape index (κ2) is 8.99. The normalized spacial score (nSPS) is 11.5. The zero-order chi connectivity index (χ0) is 19.1. The molecule has 2 aromatic carbocycles. The third kappa shape index (κ3) is 5.58. The Bertz CT molecular complexity index is 775. The Balaban J connectivity index is 2.00. The van der Waals surface area contributed by atoms with Gasteiger partial charge >= 0.3 is 0 Å². The number of aryl methyl sites for hydroxylation is 1. The van der Waals surface area contributed by atoms with Crippen LogP contribution in [0.2, 0.25) is 0 Å². The van der Waals surface area contributed by atoms with E-state index in [1.165, 1.54) is 13.0 Å². The minimum atomic E-state index is -0.451. The Morgan fingerprint density at radius 1 is 1.15 bits per heavy atom. The van der Waals surface area contributed by atoms with Gasteiger partial charge < -0.3 is 15.4 Å².